The second-order valence-corrected chi connectivity index (χ2v) is 6.05. The number of aryl methyl sites for hydroxylation is 1. The topological polar surface area (TPSA) is 66.9 Å². The molecule has 0 radical (unpaired) electrons. The normalized spacial score (nSPS) is 10.4. The molecule has 2 aromatic carbocycles. The van der Waals surface area contributed by atoms with Crippen molar-refractivity contribution in [3.8, 4) is 0 Å². The largest absolute Gasteiger partial charge is 0.340 e. The maximum atomic E-state index is 11.5. The highest BCUT2D eigenvalue weighted by molar-refractivity contribution is 6.30. The third-order valence-corrected chi connectivity index (χ3v) is 3.71. The van der Waals surface area contributed by atoms with Crippen molar-refractivity contribution >= 4 is 40.5 Å². The van der Waals surface area contributed by atoms with Gasteiger partial charge in [0.25, 0.3) is 0 Å². The molecule has 0 aliphatic rings. The lowest BCUT2D eigenvalue weighted by atomic mass is 10.1. The third kappa shape index (κ3) is 4.55. The summed E-state index contributed by atoms with van der Waals surface area (Å²) in [5, 5.41) is 6.98. The van der Waals surface area contributed by atoms with Crippen molar-refractivity contribution < 1.29 is 4.79 Å². The number of halogens is 1. The van der Waals surface area contributed by atoms with Gasteiger partial charge in [-0.15, -0.1) is 0 Å². The van der Waals surface area contributed by atoms with E-state index in [2.05, 4.69) is 20.6 Å². The average molecular weight is 353 g/mol. The van der Waals surface area contributed by atoms with Gasteiger partial charge in [-0.05, 0) is 44.2 Å². The summed E-state index contributed by atoms with van der Waals surface area (Å²) < 4.78 is 0. The van der Waals surface area contributed by atoms with Crippen LogP contribution in [0.2, 0.25) is 5.02 Å². The monoisotopic (exact) mass is 352 g/mol. The summed E-state index contributed by atoms with van der Waals surface area (Å²) >= 11 is 6.00. The van der Waals surface area contributed by atoms with Gasteiger partial charge < -0.3 is 10.6 Å². The van der Waals surface area contributed by atoms with E-state index >= 15 is 0 Å². The van der Waals surface area contributed by atoms with Crippen molar-refractivity contribution in [2.45, 2.75) is 13.8 Å². The van der Waals surface area contributed by atoms with Crippen molar-refractivity contribution in [3.63, 3.8) is 0 Å². The molecule has 6 heteroatoms. The van der Waals surface area contributed by atoms with Gasteiger partial charge >= 0.3 is 0 Å². The summed E-state index contributed by atoms with van der Waals surface area (Å²) in [6.45, 7) is 3.43. The molecule has 25 heavy (non-hydrogen) atoms. The molecule has 3 rings (SSSR count). The van der Waals surface area contributed by atoms with E-state index in [0.717, 1.165) is 17.1 Å². The Morgan fingerprint density at radius 2 is 1.68 bits per heavy atom. The summed E-state index contributed by atoms with van der Waals surface area (Å²) in [7, 11) is 0. The first kappa shape index (κ1) is 16.9. The van der Waals surface area contributed by atoms with Gasteiger partial charge in [0, 0.05) is 33.7 Å². The zero-order valence-corrected chi connectivity index (χ0v) is 14.6. The van der Waals surface area contributed by atoms with Gasteiger partial charge in [-0.3, -0.25) is 4.79 Å². The first-order valence-electron chi connectivity index (χ1n) is 7.76. The molecule has 0 bridgehead atoms. The standard InChI is InChI=1S/C19H17ClN4O/c1-12-9-18(22-16-7-3-5-14(10-16)13(2)25)24-19(21-12)23-17-8-4-6-15(20)11-17/h3-11H,1-2H3,(H2,21,22,23,24). The summed E-state index contributed by atoms with van der Waals surface area (Å²) in [4.78, 5) is 20.4. The fraction of sp³-hybridized carbons (Fsp3) is 0.105. The van der Waals surface area contributed by atoms with Crippen LogP contribution < -0.4 is 10.6 Å². The SMILES string of the molecule is CC(=O)c1cccc(Nc2cc(C)nc(Nc3cccc(Cl)c3)n2)c1. The molecule has 0 atom stereocenters. The highest BCUT2D eigenvalue weighted by atomic mass is 35.5. The molecule has 0 unspecified atom stereocenters. The first-order chi connectivity index (χ1) is 12.0. The van der Waals surface area contributed by atoms with Crippen molar-refractivity contribution in [2.24, 2.45) is 0 Å². The van der Waals surface area contributed by atoms with Gasteiger partial charge in [0.1, 0.15) is 5.82 Å². The van der Waals surface area contributed by atoms with Crippen LogP contribution in [-0.4, -0.2) is 15.8 Å². The highest BCUT2D eigenvalue weighted by Crippen LogP contribution is 2.21. The lowest BCUT2D eigenvalue weighted by molar-refractivity contribution is 0.101. The molecule has 1 aromatic heterocycles. The summed E-state index contributed by atoms with van der Waals surface area (Å²) in [6.07, 6.45) is 0. The van der Waals surface area contributed by atoms with Gasteiger partial charge in [0.05, 0.1) is 0 Å². The van der Waals surface area contributed by atoms with Gasteiger partial charge in [0.2, 0.25) is 5.95 Å². The fourth-order valence-corrected chi connectivity index (χ4v) is 2.54. The number of carbonyl (C=O) groups is 1. The number of Topliss-reactive ketones (excluding diaryl/α,β-unsaturated/α-hetero) is 1. The molecule has 0 fully saturated rings. The Labute approximate surface area is 151 Å². The van der Waals surface area contributed by atoms with E-state index in [4.69, 9.17) is 11.6 Å². The van der Waals surface area contributed by atoms with E-state index in [0.29, 0.717) is 22.4 Å². The lowest BCUT2D eigenvalue weighted by Gasteiger charge is -2.10. The maximum absolute atomic E-state index is 11.5. The minimum absolute atomic E-state index is 0.0193. The van der Waals surface area contributed by atoms with Crippen molar-refractivity contribution in [3.05, 3.63) is 70.9 Å². The zero-order valence-electron chi connectivity index (χ0n) is 13.9. The smallest absolute Gasteiger partial charge is 0.229 e. The Bertz CT molecular complexity index is 927. The lowest BCUT2D eigenvalue weighted by Crippen LogP contribution is -2.03. The number of aromatic nitrogens is 2. The van der Waals surface area contributed by atoms with Crippen molar-refractivity contribution in [1.29, 1.82) is 0 Å². The Kier molecular flexibility index (Phi) is 4.95. The summed E-state index contributed by atoms with van der Waals surface area (Å²) in [5.74, 6) is 1.12. The van der Waals surface area contributed by atoms with Crippen molar-refractivity contribution in [2.75, 3.05) is 10.6 Å². The quantitative estimate of drug-likeness (QED) is 0.623. The molecule has 0 saturated carbocycles. The van der Waals surface area contributed by atoms with Crippen LogP contribution in [0, 0.1) is 6.92 Å². The third-order valence-electron chi connectivity index (χ3n) is 3.48. The molecule has 5 nitrogen and oxygen atoms in total. The fourth-order valence-electron chi connectivity index (χ4n) is 2.35. The van der Waals surface area contributed by atoms with Gasteiger partial charge in [-0.25, -0.2) is 4.98 Å². The zero-order chi connectivity index (χ0) is 17.8. The van der Waals surface area contributed by atoms with E-state index in [9.17, 15) is 4.79 Å². The van der Waals surface area contributed by atoms with Crippen LogP contribution in [0.1, 0.15) is 23.0 Å². The predicted molar refractivity (Wildman–Crippen MR) is 101 cm³/mol. The predicted octanol–water partition coefficient (Wildman–Crippen LogP) is 5.13. The summed E-state index contributed by atoms with van der Waals surface area (Å²) in [5.41, 5.74) is 3.06. The minimum Gasteiger partial charge on any atom is -0.340 e. The molecule has 1 heterocycles. The molecule has 126 valence electrons. The number of anilines is 4. The van der Waals surface area contributed by atoms with E-state index in [-0.39, 0.29) is 5.78 Å². The van der Waals surface area contributed by atoms with Crippen LogP contribution in [0.3, 0.4) is 0 Å². The number of benzene rings is 2. The minimum atomic E-state index is 0.0193. The number of nitrogens with one attached hydrogen (secondary N) is 2. The van der Waals surface area contributed by atoms with E-state index in [1.165, 1.54) is 0 Å². The molecule has 0 aliphatic carbocycles. The molecular formula is C19H17ClN4O. The van der Waals surface area contributed by atoms with Crippen LogP contribution in [0.5, 0.6) is 0 Å². The molecule has 0 aliphatic heterocycles. The van der Waals surface area contributed by atoms with Crippen LogP contribution in [0.4, 0.5) is 23.1 Å². The Hall–Kier alpha value is -2.92. The van der Waals surface area contributed by atoms with Gasteiger partial charge in [-0.2, -0.15) is 4.98 Å². The molecular weight excluding hydrogens is 336 g/mol. The van der Waals surface area contributed by atoms with Crippen LogP contribution in [0.15, 0.2) is 54.6 Å². The number of carbonyl (C=O) groups excluding carboxylic acids is 1. The number of hydrogen-bond acceptors (Lipinski definition) is 5. The second-order valence-electron chi connectivity index (χ2n) is 5.62. The van der Waals surface area contributed by atoms with Gasteiger partial charge in [0.15, 0.2) is 5.78 Å². The molecule has 0 amide bonds. The van der Waals surface area contributed by atoms with Crippen LogP contribution in [-0.2, 0) is 0 Å². The van der Waals surface area contributed by atoms with E-state index in [1.54, 1.807) is 31.2 Å². The summed E-state index contributed by atoms with van der Waals surface area (Å²) in [6, 6.07) is 16.5. The van der Waals surface area contributed by atoms with E-state index in [1.807, 2.05) is 37.3 Å². The number of hydrogen-bond donors (Lipinski definition) is 2. The van der Waals surface area contributed by atoms with Gasteiger partial charge in [-0.1, -0.05) is 29.8 Å². The Morgan fingerprint density at radius 3 is 2.40 bits per heavy atom. The maximum Gasteiger partial charge on any atom is 0.229 e. The molecule has 0 saturated heterocycles. The Balaban J connectivity index is 1.84. The highest BCUT2D eigenvalue weighted by Gasteiger charge is 2.05. The number of rotatable bonds is 5. The van der Waals surface area contributed by atoms with Crippen molar-refractivity contribution in [1.82, 2.24) is 9.97 Å². The van der Waals surface area contributed by atoms with Crippen LogP contribution >= 0.6 is 11.6 Å². The molecule has 2 N–H and O–H groups in total. The second kappa shape index (κ2) is 7.32. The first-order valence-corrected chi connectivity index (χ1v) is 8.14. The molecule has 3 aromatic rings. The molecule has 0 spiro atoms. The van der Waals surface area contributed by atoms with E-state index < -0.39 is 0 Å². The number of nitrogens with zero attached hydrogens (tertiary/aromatic N) is 2. The number of ketones is 1. The average Bonchev–Trinajstić information content (AvgIpc) is 2.54. The Morgan fingerprint density at radius 1 is 0.960 bits per heavy atom. The van der Waals surface area contributed by atoms with Crippen LogP contribution in [0.25, 0.3) is 0 Å².